The molecule has 0 amide bonds. The molecule has 2 rings (SSSR count). The number of hydrogen-bond acceptors (Lipinski definition) is 8. The van der Waals surface area contributed by atoms with Gasteiger partial charge in [0, 0.05) is 20.8 Å². The molecule has 8 heteroatoms. The van der Waals surface area contributed by atoms with Crippen molar-refractivity contribution in [2.45, 2.75) is 52.5 Å². The summed E-state index contributed by atoms with van der Waals surface area (Å²) in [4.78, 5) is 36.1. The Balaban J connectivity index is 2.43. The molecule has 0 N–H and O–H groups in total. The maximum Gasteiger partial charge on any atom is 0.307 e. The highest BCUT2D eigenvalue weighted by Crippen LogP contribution is 2.40. The molecule has 134 valence electrons. The Morgan fingerprint density at radius 2 is 1.67 bits per heavy atom. The van der Waals surface area contributed by atoms with Crippen LogP contribution in [0.2, 0.25) is 0 Å². The maximum atomic E-state index is 11.6. The zero-order valence-electron chi connectivity index (χ0n) is 14.5. The summed E-state index contributed by atoms with van der Waals surface area (Å²) in [5.74, 6) is -1.44. The molecular weight excluding hydrogens is 318 g/mol. The zero-order valence-corrected chi connectivity index (χ0v) is 14.5. The van der Waals surface area contributed by atoms with E-state index in [1.807, 2.05) is 18.9 Å². The Labute approximate surface area is 140 Å². The van der Waals surface area contributed by atoms with Crippen LogP contribution in [0.3, 0.4) is 0 Å². The Morgan fingerprint density at radius 3 is 2.21 bits per heavy atom. The zero-order chi connectivity index (χ0) is 18.0. The highest BCUT2D eigenvalue weighted by Gasteiger charge is 2.49. The molecule has 1 fully saturated rings. The van der Waals surface area contributed by atoms with Crippen molar-refractivity contribution in [3.8, 4) is 0 Å². The van der Waals surface area contributed by atoms with Gasteiger partial charge in [0.15, 0.2) is 11.5 Å². The minimum absolute atomic E-state index is 0.0212. The number of rotatable bonds is 4. The van der Waals surface area contributed by atoms with Gasteiger partial charge in [0.2, 0.25) is 0 Å². The van der Waals surface area contributed by atoms with Crippen LogP contribution < -0.4 is 0 Å². The molecule has 1 saturated heterocycles. The minimum atomic E-state index is -0.532. The van der Waals surface area contributed by atoms with Crippen LogP contribution >= 0.6 is 0 Å². The number of ether oxygens (including phenoxy) is 4. The van der Waals surface area contributed by atoms with E-state index in [9.17, 15) is 14.4 Å². The summed E-state index contributed by atoms with van der Waals surface area (Å²) in [6.07, 6.45) is 0.0517. The Hall–Kier alpha value is -1.93. The molecule has 8 nitrogen and oxygen atoms in total. The van der Waals surface area contributed by atoms with Crippen molar-refractivity contribution >= 4 is 17.9 Å². The molecule has 0 aromatic carbocycles. The largest absolute Gasteiger partial charge is 0.465 e. The van der Waals surface area contributed by atoms with Gasteiger partial charge in [-0.25, -0.2) is 0 Å². The van der Waals surface area contributed by atoms with Crippen LogP contribution in [-0.4, -0.2) is 54.8 Å². The Kier molecular flexibility index (Phi) is 5.61. The second-order valence-electron chi connectivity index (χ2n) is 6.04. The highest BCUT2D eigenvalue weighted by molar-refractivity contribution is 5.69. The summed E-state index contributed by atoms with van der Waals surface area (Å²) >= 11 is 0. The van der Waals surface area contributed by atoms with Gasteiger partial charge in [-0.3, -0.25) is 19.3 Å². The molecule has 1 aliphatic heterocycles. The summed E-state index contributed by atoms with van der Waals surface area (Å²) < 4.78 is 21.7. The molecule has 1 heterocycles. The predicted molar refractivity (Wildman–Crippen MR) is 81.2 cm³/mol. The van der Waals surface area contributed by atoms with E-state index in [0.29, 0.717) is 6.42 Å². The summed E-state index contributed by atoms with van der Waals surface area (Å²) in [6, 6.07) is -0.341. The SMILES string of the molecule is CC(=O)OCC1C[C@@H]2OC(C)N(C)[C@H]2C(OC(C)=O)=C1OC(C)=O. The van der Waals surface area contributed by atoms with Gasteiger partial charge in [0.1, 0.15) is 18.9 Å². The fraction of sp³-hybridized carbons (Fsp3) is 0.688. The first-order valence-electron chi connectivity index (χ1n) is 7.82. The second-order valence-corrected chi connectivity index (χ2v) is 6.04. The van der Waals surface area contributed by atoms with Crippen molar-refractivity contribution in [3.05, 3.63) is 11.5 Å². The van der Waals surface area contributed by atoms with Gasteiger partial charge >= 0.3 is 17.9 Å². The predicted octanol–water partition coefficient (Wildman–Crippen LogP) is 0.952. The normalized spacial score (nSPS) is 29.9. The molecule has 24 heavy (non-hydrogen) atoms. The third-order valence-corrected chi connectivity index (χ3v) is 4.13. The van der Waals surface area contributed by atoms with Gasteiger partial charge in [-0.1, -0.05) is 0 Å². The van der Waals surface area contributed by atoms with Crippen LogP contribution in [0.15, 0.2) is 11.5 Å². The van der Waals surface area contributed by atoms with E-state index in [-0.39, 0.29) is 36.5 Å². The summed E-state index contributed by atoms with van der Waals surface area (Å²) in [7, 11) is 1.84. The molecule has 0 radical (unpaired) electrons. The van der Waals surface area contributed by atoms with Crippen LogP contribution in [0, 0.1) is 5.92 Å². The quantitative estimate of drug-likeness (QED) is 0.551. The molecule has 0 aromatic rings. The Morgan fingerprint density at radius 1 is 1.08 bits per heavy atom. The van der Waals surface area contributed by atoms with Crippen molar-refractivity contribution in [1.82, 2.24) is 4.90 Å². The molecule has 0 spiro atoms. The molecule has 0 saturated carbocycles. The number of fused-ring (bicyclic) bond motifs is 1. The van der Waals surface area contributed by atoms with E-state index in [1.54, 1.807) is 0 Å². The number of likely N-dealkylation sites (N-methyl/N-ethyl adjacent to an activating group) is 1. The van der Waals surface area contributed by atoms with Gasteiger partial charge in [0.25, 0.3) is 0 Å². The van der Waals surface area contributed by atoms with Crippen LogP contribution in [0.5, 0.6) is 0 Å². The van der Waals surface area contributed by atoms with Crippen molar-refractivity contribution in [2.24, 2.45) is 5.92 Å². The fourth-order valence-corrected chi connectivity index (χ4v) is 3.10. The van der Waals surface area contributed by atoms with Crippen molar-refractivity contribution < 1.29 is 33.3 Å². The molecule has 1 aliphatic carbocycles. The Bertz CT molecular complexity index is 571. The first-order chi connectivity index (χ1) is 11.2. The van der Waals surface area contributed by atoms with E-state index in [4.69, 9.17) is 18.9 Å². The first-order valence-corrected chi connectivity index (χ1v) is 7.82. The highest BCUT2D eigenvalue weighted by atomic mass is 16.6. The van der Waals surface area contributed by atoms with Crippen LogP contribution in [-0.2, 0) is 33.3 Å². The minimum Gasteiger partial charge on any atom is -0.465 e. The van der Waals surface area contributed by atoms with Crippen LogP contribution in [0.1, 0.15) is 34.1 Å². The number of esters is 3. The maximum absolute atomic E-state index is 11.6. The lowest BCUT2D eigenvalue weighted by atomic mass is 9.87. The van der Waals surface area contributed by atoms with E-state index in [1.165, 1.54) is 20.8 Å². The van der Waals surface area contributed by atoms with Crippen LogP contribution in [0.4, 0.5) is 0 Å². The smallest absolute Gasteiger partial charge is 0.307 e. The average Bonchev–Trinajstić information content (AvgIpc) is 2.73. The summed E-state index contributed by atoms with van der Waals surface area (Å²) in [5.41, 5.74) is 0. The third-order valence-electron chi connectivity index (χ3n) is 4.13. The second kappa shape index (κ2) is 7.31. The third kappa shape index (κ3) is 3.93. The van der Waals surface area contributed by atoms with Crippen molar-refractivity contribution in [3.63, 3.8) is 0 Å². The molecule has 4 atom stereocenters. The molecular formula is C16H23NO7. The van der Waals surface area contributed by atoms with Crippen molar-refractivity contribution in [2.75, 3.05) is 13.7 Å². The van der Waals surface area contributed by atoms with E-state index in [0.717, 1.165) is 0 Å². The monoisotopic (exact) mass is 341 g/mol. The van der Waals surface area contributed by atoms with Gasteiger partial charge in [-0.05, 0) is 20.4 Å². The summed E-state index contributed by atoms with van der Waals surface area (Å²) in [6.45, 7) is 5.76. The molecule has 0 bridgehead atoms. The molecule has 2 unspecified atom stereocenters. The number of hydrogen-bond donors (Lipinski definition) is 0. The first kappa shape index (κ1) is 18.4. The fourth-order valence-electron chi connectivity index (χ4n) is 3.10. The topological polar surface area (TPSA) is 91.4 Å². The van der Waals surface area contributed by atoms with Gasteiger partial charge in [-0.2, -0.15) is 0 Å². The lowest BCUT2D eigenvalue weighted by Gasteiger charge is -2.34. The number of carbonyl (C=O) groups excluding carboxylic acids is 3. The van der Waals surface area contributed by atoms with E-state index < -0.39 is 23.8 Å². The number of carbonyl (C=O) groups is 3. The molecule has 2 aliphatic rings. The van der Waals surface area contributed by atoms with Gasteiger partial charge < -0.3 is 18.9 Å². The van der Waals surface area contributed by atoms with Crippen LogP contribution in [0.25, 0.3) is 0 Å². The average molecular weight is 341 g/mol. The van der Waals surface area contributed by atoms with Gasteiger partial charge in [-0.15, -0.1) is 0 Å². The van der Waals surface area contributed by atoms with E-state index in [2.05, 4.69) is 0 Å². The molecule has 0 aromatic heterocycles. The summed E-state index contributed by atoms with van der Waals surface area (Å²) in [5, 5.41) is 0. The number of nitrogens with zero attached hydrogens (tertiary/aromatic N) is 1. The van der Waals surface area contributed by atoms with Gasteiger partial charge in [0.05, 0.1) is 12.0 Å². The lowest BCUT2D eigenvalue weighted by molar-refractivity contribution is -0.147. The van der Waals surface area contributed by atoms with Crippen molar-refractivity contribution in [1.29, 1.82) is 0 Å². The standard InChI is InChI=1S/C16H23NO7/c1-8-17(5)14-13(22-8)6-12(7-21-9(2)18)15(23-10(3)19)16(14)24-11(4)20/h8,12-14H,6-7H2,1-5H3/t8?,12?,13-,14+/m0/s1. The van der Waals surface area contributed by atoms with E-state index >= 15 is 0 Å². The lowest BCUT2D eigenvalue weighted by Crippen LogP contribution is -2.44.